The number of anilines is 2. The fourth-order valence-corrected chi connectivity index (χ4v) is 3.17. The first kappa shape index (κ1) is 21.5. The fraction of sp³-hybridized carbons (Fsp3) is 0.250. The third kappa shape index (κ3) is 6.99. The van der Waals surface area contributed by atoms with E-state index in [-0.39, 0.29) is 12.3 Å². The topological polar surface area (TPSA) is 100 Å². The van der Waals surface area contributed by atoms with Crippen LogP contribution in [0.4, 0.5) is 11.5 Å². The van der Waals surface area contributed by atoms with E-state index in [0.29, 0.717) is 18.1 Å². The fourth-order valence-electron chi connectivity index (χ4n) is 3.17. The van der Waals surface area contributed by atoms with Crippen LogP contribution < -0.4 is 16.4 Å². The molecule has 1 aromatic heterocycles. The summed E-state index contributed by atoms with van der Waals surface area (Å²) in [5.41, 5.74) is 9.18. The number of carbonyl (C=O) groups excluding carboxylic acids is 1. The smallest absolute Gasteiger partial charge is 0.230 e. The van der Waals surface area contributed by atoms with E-state index in [1.807, 2.05) is 54.6 Å². The Labute approximate surface area is 177 Å². The number of carbonyl (C=O) groups is 1. The van der Waals surface area contributed by atoms with Crippen molar-refractivity contribution in [2.45, 2.75) is 25.4 Å². The summed E-state index contributed by atoms with van der Waals surface area (Å²) in [6, 6.07) is 22.8. The monoisotopic (exact) mass is 404 g/mol. The third-order valence-electron chi connectivity index (χ3n) is 4.75. The number of rotatable bonds is 10. The van der Waals surface area contributed by atoms with Crippen molar-refractivity contribution in [1.29, 1.82) is 0 Å². The number of amides is 1. The van der Waals surface area contributed by atoms with Gasteiger partial charge < -0.3 is 21.5 Å². The van der Waals surface area contributed by atoms with Gasteiger partial charge in [-0.05, 0) is 54.8 Å². The Morgan fingerprint density at radius 1 is 1.00 bits per heavy atom. The number of hydrogen-bond donors (Lipinski definition) is 4. The maximum Gasteiger partial charge on any atom is 0.230 e. The molecule has 0 aliphatic rings. The minimum Gasteiger partial charge on any atom is -0.387 e. The number of aliphatic hydroxyl groups excluding tert-OH is 1. The van der Waals surface area contributed by atoms with Crippen molar-refractivity contribution in [3.8, 4) is 0 Å². The van der Waals surface area contributed by atoms with Crippen molar-refractivity contribution < 1.29 is 9.90 Å². The number of nitrogens with one attached hydrogen (secondary N) is 2. The summed E-state index contributed by atoms with van der Waals surface area (Å²) in [5, 5.41) is 16.3. The molecule has 0 fully saturated rings. The van der Waals surface area contributed by atoms with Crippen LogP contribution in [0.3, 0.4) is 0 Å². The molecule has 3 aromatic rings. The van der Waals surface area contributed by atoms with Gasteiger partial charge in [0.2, 0.25) is 5.91 Å². The average molecular weight is 405 g/mol. The Balaban J connectivity index is 1.35. The maximum absolute atomic E-state index is 12.2. The Kier molecular flexibility index (Phi) is 7.94. The second-order valence-electron chi connectivity index (χ2n) is 7.21. The van der Waals surface area contributed by atoms with Gasteiger partial charge in [0.05, 0.1) is 18.2 Å². The third-order valence-corrected chi connectivity index (χ3v) is 4.75. The lowest BCUT2D eigenvalue weighted by molar-refractivity contribution is -0.115. The SMILES string of the molecule is Nc1cccc(CC(=O)Nc2ccc(CCCNC[C@H](O)c3ccccc3)cc2)n1. The predicted octanol–water partition coefficient (Wildman–Crippen LogP) is 3.10. The van der Waals surface area contributed by atoms with Crippen molar-refractivity contribution in [2.24, 2.45) is 0 Å². The van der Waals surface area contributed by atoms with Crippen LogP contribution in [0, 0.1) is 0 Å². The second kappa shape index (κ2) is 11.1. The van der Waals surface area contributed by atoms with E-state index in [2.05, 4.69) is 15.6 Å². The molecule has 1 amide bonds. The molecule has 0 bridgehead atoms. The van der Waals surface area contributed by atoms with Crippen LogP contribution >= 0.6 is 0 Å². The number of pyridine rings is 1. The first-order chi connectivity index (χ1) is 14.6. The van der Waals surface area contributed by atoms with Crippen LogP contribution in [-0.4, -0.2) is 29.1 Å². The molecular weight excluding hydrogens is 376 g/mol. The minimum absolute atomic E-state index is 0.123. The standard InChI is InChI=1S/C24H28N4O2/c25-23-10-4-9-21(27-23)16-24(30)28-20-13-11-18(12-14-20)6-5-15-26-17-22(29)19-7-2-1-3-8-19/h1-4,7-14,22,26,29H,5-6,15-17H2,(H2,25,27)(H,28,30)/t22-/m0/s1. The van der Waals surface area contributed by atoms with Crippen LogP contribution in [0.5, 0.6) is 0 Å². The lowest BCUT2D eigenvalue weighted by Crippen LogP contribution is -2.22. The number of aryl methyl sites for hydroxylation is 1. The molecule has 3 rings (SSSR count). The van der Waals surface area contributed by atoms with Crippen molar-refractivity contribution in [2.75, 3.05) is 24.1 Å². The molecule has 30 heavy (non-hydrogen) atoms. The van der Waals surface area contributed by atoms with Gasteiger partial charge in [-0.3, -0.25) is 4.79 Å². The van der Waals surface area contributed by atoms with Gasteiger partial charge in [-0.1, -0.05) is 48.5 Å². The van der Waals surface area contributed by atoms with Gasteiger partial charge in [0, 0.05) is 12.2 Å². The van der Waals surface area contributed by atoms with Gasteiger partial charge in [-0.2, -0.15) is 0 Å². The molecule has 6 heteroatoms. The van der Waals surface area contributed by atoms with Gasteiger partial charge in [-0.25, -0.2) is 4.98 Å². The maximum atomic E-state index is 12.2. The Morgan fingerprint density at radius 2 is 1.77 bits per heavy atom. The quantitative estimate of drug-likeness (QED) is 0.389. The molecule has 5 N–H and O–H groups in total. The number of nitrogens with zero attached hydrogens (tertiary/aromatic N) is 1. The summed E-state index contributed by atoms with van der Waals surface area (Å²) in [4.78, 5) is 16.3. The summed E-state index contributed by atoms with van der Waals surface area (Å²) in [5.74, 6) is 0.288. The molecule has 0 unspecified atom stereocenters. The molecular formula is C24H28N4O2. The molecule has 0 radical (unpaired) electrons. The zero-order valence-electron chi connectivity index (χ0n) is 16.9. The zero-order chi connectivity index (χ0) is 21.2. The van der Waals surface area contributed by atoms with E-state index in [0.717, 1.165) is 30.6 Å². The Morgan fingerprint density at radius 3 is 2.50 bits per heavy atom. The number of nitrogens with two attached hydrogens (primary N) is 1. The molecule has 0 spiro atoms. The highest BCUT2D eigenvalue weighted by molar-refractivity contribution is 5.92. The van der Waals surface area contributed by atoms with E-state index < -0.39 is 6.10 Å². The van der Waals surface area contributed by atoms with Gasteiger partial charge in [0.1, 0.15) is 5.82 Å². The number of benzene rings is 2. The molecule has 6 nitrogen and oxygen atoms in total. The van der Waals surface area contributed by atoms with Crippen molar-refractivity contribution >= 4 is 17.4 Å². The summed E-state index contributed by atoms with van der Waals surface area (Å²) in [6.07, 6.45) is 1.59. The van der Waals surface area contributed by atoms with E-state index >= 15 is 0 Å². The molecule has 1 atom stereocenters. The Bertz CT molecular complexity index is 929. The molecule has 156 valence electrons. The molecule has 0 saturated carbocycles. The molecule has 0 aliphatic carbocycles. The van der Waals surface area contributed by atoms with Gasteiger partial charge in [-0.15, -0.1) is 0 Å². The second-order valence-corrected chi connectivity index (χ2v) is 7.21. The van der Waals surface area contributed by atoms with Crippen LogP contribution in [0.1, 0.15) is 29.3 Å². The summed E-state index contributed by atoms with van der Waals surface area (Å²) in [7, 11) is 0. The van der Waals surface area contributed by atoms with Crippen molar-refractivity contribution in [3.63, 3.8) is 0 Å². The largest absolute Gasteiger partial charge is 0.387 e. The average Bonchev–Trinajstić information content (AvgIpc) is 2.75. The number of aromatic nitrogens is 1. The summed E-state index contributed by atoms with van der Waals surface area (Å²) in [6.45, 7) is 1.37. The Hall–Kier alpha value is -3.22. The number of aliphatic hydroxyl groups is 1. The van der Waals surface area contributed by atoms with E-state index in [1.54, 1.807) is 18.2 Å². The lowest BCUT2D eigenvalue weighted by Gasteiger charge is -2.12. The summed E-state index contributed by atoms with van der Waals surface area (Å²) < 4.78 is 0. The van der Waals surface area contributed by atoms with Crippen LogP contribution in [0.25, 0.3) is 0 Å². The van der Waals surface area contributed by atoms with Crippen molar-refractivity contribution in [3.05, 3.63) is 89.6 Å². The highest BCUT2D eigenvalue weighted by Crippen LogP contribution is 2.13. The first-order valence-corrected chi connectivity index (χ1v) is 10.1. The highest BCUT2D eigenvalue weighted by Gasteiger charge is 2.07. The molecule has 1 heterocycles. The van der Waals surface area contributed by atoms with Crippen molar-refractivity contribution in [1.82, 2.24) is 10.3 Å². The summed E-state index contributed by atoms with van der Waals surface area (Å²) >= 11 is 0. The first-order valence-electron chi connectivity index (χ1n) is 10.1. The predicted molar refractivity (Wildman–Crippen MR) is 120 cm³/mol. The zero-order valence-corrected chi connectivity index (χ0v) is 16.9. The van der Waals surface area contributed by atoms with E-state index in [9.17, 15) is 9.90 Å². The normalized spacial score (nSPS) is 11.8. The number of nitrogen functional groups attached to an aromatic ring is 1. The van der Waals surface area contributed by atoms with Gasteiger partial charge in [0.15, 0.2) is 0 Å². The lowest BCUT2D eigenvalue weighted by atomic mass is 10.1. The van der Waals surface area contributed by atoms with E-state index in [1.165, 1.54) is 5.56 Å². The molecule has 0 saturated heterocycles. The number of hydrogen-bond acceptors (Lipinski definition) is 5. The van der Waals surface area contributed by atoms with Gasteiger partial charge in [0.25, 0.3) is 0 Å². The molecule has 2 aromatic carbocycles. The van der Waals surface area contributed by atoms with Crippen LogP contribution in [0.15, 0.2) is 72.8 Å². The van der Waals surface area contributed by atoms with Crippen LogP contribution in [0.2, 0.25) is 0 Å². The van der Waals surface area contributed by atoms with Crippen LogP contribution in [-0.2, 0) is 17.6 Å². The van der Waals surface area contributed by atoms with E-state index in [4.69, 9.17) is 5.73 Å². The highest BCUT2D eigenvalue weighted by atomic mass is 16.3. The minimum atomic E-state index is -0.489. The molecule has 0 aliphatic heterocycles. The van der Waals surface area contributed by atoms with Gasteiger partial charge >= 0.3 is 0 Å².